The fourth-order valence-electron chi connectivity index (χ4n) is 1.62. The van der Waals surface area contributed by atoms with Gasteiger partial charge in [-0.05, 0) is 24.5 Å². The molecule has 0 bridgehead atoms. The molecule has 2 nitrogen and oxygen atoms in total. The van der Waals surface area contributed by atoms with Gasteiger partial charge < -0.3 is 4.74 Å². The van der Waals surface area contributed by atoms with Crippen LogP contribution in [0.5, 0.6) is 0 Å². The highest BCUT2D eigenvalue weighted by Crippen LogP contribution is 2.18. The SMILES string of the molecule is CCCc1cccc(C(C)C(=O)OC)c1. The number of esters is 1. The number of hydrogen-bond donors (Lipinski definition) is 0. The first-order valence-corrected chi connectivity index (χ1v) is 5.35. The van der Waals surface area contributed by atoms with E-state index in [1.165, 1.54) is 12.7 Å². The fraction of sp³-hybridized carbons (Fsp3) is 0.462. The van der Waals surface area contributed by atoms with Crippen LogP contribution in [0.15, 0.2) is 24.3 Å². The highest BCUT2D eigenvalue weighted by atomic mass is 16.5. The van der Waals surface area contributed by atoms with E-state index in [4.69, 9.17) is 4.74 Å². The zero-order chi connectivity index (χ0) is 11.3. The minimum Gasteiger partial charge on any atom is -0.469 e. The van der Waals surface area contributed by atoms with Gasteiger partial charge >= 0.3 is 5.97 Å². The lowest BCUT2D eigenvalue weighted by molar-refractivity contribution is -0.141. The van der Waals surface area contributed by atoms with E-state index in [-0.39, 0.29) is 11.9 Å². The van der Waals surface area contributed by atoms with Gasteiger partial charge in [-0.1, -0.05) is 37.6 Å². The van der Waals surface area contributed by atoms with Crippen LogP contribution in [0.3, 0.4) is 0 Å². The Balaban J connectivity index is 2.84. The van der Waals surface area contributed by atoms with Crippen LogP contribution in [-0.2, 0) is 16.0 Å². The molecular formula is C13H18O2. The first-order chi connectivity index (χ1) is 7.19. The van der Waals surface area contributed by atoms with Crippen molar-refractivity contribution in [3.05, 3.63) is 35.4 Å². The van der Waals surface area contributed by atoms with E-state index >= 15 is 0 Å². The van der Waals surface area contributed by atoms with E-state index in [2.05, 4.69) is 19.1 Å². The molecule has 0 aliphatic heterocycles. The van der Waals surface area contributed by atoms with Crippen LogP contribution in [0.2, 0.25) is 0 Å². The number of methoxy groups -OCH3 is 1. The molecule has 1 aromatic rings. The molecule has 0 spiro atoms. The molecule has 0 aliphatic carbocycles. The van der Waals surface area contributed by atoms with Crippen molar-refractivity contribution in [2.45, 2.75) is 32.6 Å². The molecule has 1 rings (SSSR count). The Labute approximate surface area is 91.3 Å². The number of benzene rings is 1. The van der Waals surface area contributed by atoms with E-state index in [1.807, 2.05) is 19.1 Å². The normalized spacial score (nSPS) is 12.2. The van der Waals surface area contributed by atoms with Crippen molar-refractivity contribution in [1.29, 1.82) is 0 Å². The van der Waals surface area contributed by atoms with Gasteiger partial charge in [0.25, 0.3) is 0 Å². The number of carbonyl (C=O) groups excluding carboxylic acids is 1. The summed E-state index contributed by atoms with van der Waals surface area (Å²) < 4.78 is 4.73. The monoisotopic (exact) mass is 206 g/mol. The number of carbonyl (C=O) groups is 1. The molecule has 1 unspecified atom stereocenters. The van der Waals surface area contributed by atoms with Gasteiger partial charge in [0.1, 0.15) is 0 Å². The number of rotatable bonds is 4. The molecule has 0 aliphatic rings. The van der Waals surface area contributed by atoms with Gasteiger partial charge in [-0.25, -0.2) is 0 Å². The minimum atomic E-state index is -0.177. The van der Waals surface area contributed by atoms with Crippen LogP contribution in [0.1, 0.15) is 37.3 Å². The third kappa shape index (κ3) is 3.08. The summed E-state index contributed by atoms with van der Waals surface area (Å²) in [6, 6.07) is 8.16. The van der Waals surface area contributed by atoms with E-state index in [1.54, 1.807) is 0 Å². The third-order valence-electron chi connectivity index (χ3n) is 2.54. The average molecular weight is 206 g/mol. The zero-order valence-corrected chi connectivity index (χ0v) is 9.62. The van der Waals surface area contributed by atoms with Crippen LogP contribution in [-0.4, -0.2) is 13.1 Å². The summed E-state index contributed by atoms with van der Waals surface area (Å²) in [7, 11) is 1.43. The van der Waals surface area contributed by atoms with Crippen molar-refractivity contribution in [2.75, 3.05) is 7.11 Å². The standard InChI is InChI=1S/C13H18O2/c1-4-6-11-7-5-8-12(9-11)10(2)13(14)15-3/h5,7-10H,4,6H2,1-3H3. The lowest BCUT2D eigenvalue weighted by Gasteiger charge is -2.10. The summed E-state index contributed by atoms with van der Waals surface area (Å²) in [6.07, 6.45) is 2.18. The van der Waals surface area contributed by atoms with Crippen molar-refractivity contribution in [3.8, 4) is 0 Å². The van der Waals surface area contributed by atoms with Crippen LogP contribution < -0.4 is 0 Å². The second-order valence-electron chi connectivity index (χ2n) is 3.74. The van der Waals surface area contributed by atoms with E-state index in [9.17, 15) is 4.79 Å². The summed E-state index contributed by atoms with van der Waals surface area (Å²) >= 11 is 0. The molecule has 1 atom stereocenters. The maximum absolute atomic E-state index is 11.4. The first-order valence-electron chi connectivity index (χ1n) is 5.35. The molecule has 0 N–H and O–H groups in total. The number of hydrogen-bond acceptors (Lipinski definition) is 2. The van der Waals surface area contributed by atoms with Crippen molar-refractivity contribution in [3.63, 3.8) is 0 Å². The molecule has 82 valence electrons. The highest BCUT2D eigenvalue weighted by Gasteiger charge is 2.15. The smallest absolute Gasteiger partial charge is 0.312 e. The Morgan fingerprint density at radius 1 is 1.47 bits per heavy atom. The van der Waals surface area contributed by atoms with E-state index in [0.29, 0.717) is 0 Å². The van der Waals surface area contributed by atoms with Crippen LogP contribution in [0.4, 0.5) is 0 Å². The Bertz CT molecular complexity index is 331. The summed E-state index contributed by atoms with van der Waals surface area (Å²) in [4.78, 5) is 11.4. The van der Waals surface area contributed by atoms with Crippen molar-refractivity contribution in [1.82, 2.24) is 0 Å². The molecule has 2 heteroatoms. The van der Waals surface area contributed by atoms with E-state index < -0.39 is 0 Å². The molecule has 0 fully saturated rings. The topological polar surface area (TPSA) is 26.3 Å². The average Bonchev–Trinajstić information content (AvgIpc) is 2.28. The summed E-state index contributed by atoms with van der Waals surface area (Å²) in [5.74, 6) is -0.351. The van der Waals surface area contributed by atoms with Crippen molar-refractivity contribution < 1.29 is 9.53 Å². The maximum Gasteiger partial charge on any atom is 0.312 e. The molecule has 0 aromatic heterocycles. The first kappa shape index (κ1) is 11.8. The molecule has 15 heavy (non-hydrogen) atoms. The Morgan fingerprint density at radius 2 is 2.20 bits per heavy atom. The molecule has 0 saturated carbocycles. The van der Waals surface area contributed by atoms with E-state index in [0.717, 1.165) is 18.4 Å². The zero-order valence-electron chi connectivity index (χ0n) is 9.62. The van der Waals surface area contributed by atoms with Crippen molar-refractivity contribution in [2.24, 2.45) is 0 Å². The van der Waals surface area contributed by atoms with Crippen LogP contribution in [0, 0.1) is 0 Å². The predicted octanol–water partition coefficient (Wildman–Crippen LogP) is 2.92. The number of ether oxygens (including phenoxy) is 1. The summed E-state index contributed by atoms with van der Waals surface area (Å²) in [5, 5.41) is 0. The molecule has 0 amide bonds. The summed E-state index contributed by atoms with van der Waals surface area (Å²) in [5.41, 5.74) is 2.32. The maximum atomic E-state index is 11.4. The third-order valence-corrected chi connectivity index (χ3v) is 2.54. The fourth-order valence-corrected chi connectivity index (χ4v) is 1.62. The lowest BCUT2D eigenvalue weighted by Crippen LogP contribution is -2.10. The predicted molar refractivity (Wildman–Crippen MR) is 60.9 cm³/mol. The van der Waals surface area contributed by atoms with Crippen LogP contribution in [0.25, 0.3) is 0 Å². The highest BCUT2D eigenvalue weighted by molar-refractivity contribution is 5.77. The van der Waals surface area contributed by atoms with Gasteiger partial charge in [0, 0.05) is 0 Å². The largest absolute Gasteiger partial charge is 0.469 e. The molecule has 0 saturated heterocycles. The quantitative estimate of drug-likeness (QED) is 0.708. The molecule has 0 radical (unpaired) electrons. The van der Waals surface area contributed by atoms with Gasteiger partial charge in [-0.15, -0.1) is 0 Å². The second kappa shape index (κ2) is 5.54. The van der Waals surface area contributed by atoms with Gasteiger partial charge in [0.05, 0.1) is 13.0 Å². The lowest BCUT2D eigenvalue weighted by atomic mass is 9.98. The molecular weight excluding hydrogens is 188 g/mol. The van der Waals surface area contributed by atoms with Crippen LogP contribution >= 0.6 is 0 Å². The van der Waals surface area contributed by atoms with Crippen molar-refractivity contribution >= 4 is 5.97 Å². The summed E-state index contributed by atoms with van der Waals surface area (Å²) in [6.45, 7) is 4.02. The molecule has 1 aromatic carbocycles. The Kier molecular flexibility index (Phi) is 4.35. The Hall–Kier alpha value is -1.31. The molecule has 0 heterocycles. The van der Waals surface area contributed by atoms with Gasteiger partial charge in [0.2, 0.25) is 0 Å². The van der Waals surface area contributed by atoms with Gasteiger partial charge in [-0.3, -0.25) is 4.79 Å². The Morgan fingerprint density at radius 3 is 2.80 bits per heavy atom. The van der Waals surface area contributed by atoms with Gasteiger partial charge in [-0.2, -0.15) is 0 Å². The minimum absolute atomic E-state index is 0.174. The van der Waals surface area contributed by atoms with Gasteiger partial charge in [0.15, 0.2) is 0 Å². The second-order valence-corrected chi connectivity index (χ2v) is 3.74. The number of aryl methyl sites for hydroxylation is 1.